The molecule has 0 aliphatic heterocycles. The summed E-state index contributed by atoms with van der Waals surface area (Å²) in [6.07, 6.45) is 0.811. The highest BCUT2D eigenvalue weighted by molar-refractivity contribution is 9.10. The molecule has 1 rings (SSSR count). The van der Waals surface area contributed by atoms with Crippen LogP contribution in [0.1, 0.15) is 25.3 Å². The van der Waals surface area contributed by atoms with Crippen molar-refractivity contribution >= 4 is 26.0 Å². The molecule has 0 amide bonds. The van der Waals surface area contributed by atoms with Crippen molar-refractivity contribution in [3.8, 4) is 0 Å². The van der Waals surface area contributed by atoms with Gasteiger partial charge in [-0.3, -0.25) is 0 Å². The van der Waals surface area contributed by atoms with Crippen molar-refractivity contribution in [2.75, 3.05) is 6.54 Å². The summed E-state index contributed by atoms with van der Waals surface area (Å²) in [6.45, 7) is 2.02. The molecule has 6 heteroatoms. The molecule has 2 N–H and O–H groups in total. The first-order valence-corrected chi connectivity index (χ1v) is 8.27. The highest BCUT2D eigenvalue weighted by Crippen LogP contribution is 2.12. The highest BCUT2D eigenvalue weighted by Gasteiger charge is 2.13. The number of aliphatic hydroxyl groups is 1. The molecule has 0 aliphatic carbocycles. The molecule has 18 heavy (non-hydrogen) atoms. The number of sulfonamides is 1. The molecule has 0 bridgehead atoms. The van der Waals surface area contributed by atoms with Gasteiger partial charge in [-0.25, -0.2) is 13.1 Å². The minimum absolute atomic E-state index is 0.0703. The second-order valence-electron chi connectivity index (χ2n) is 4.18. The van der Waals surface area contributed by atoms with E-state index in [4.69, 9.17) is 0 Å². The third-order valence-electron chi connectivity index (χ3n) is 2.43. The van der Waals surface area contributed by atoms with Gasteiger partial charge in [0.2, 0.25) is 10.0 Å². The molecule has 0 fully saturated rings. The molecule has 0 saturated carbocycles. The number of benzene rings is 1. The molecule has 102 valence electrons. The fraction of sp³-hybridized carbons (Fsp3) is 0.500. The molecule has 0 aliphatic rings. The van der Waals surface area contributed by atoms with E-state index in [1.54, 1.807) is 24.3 Å². The predicted octanol–water partition coefficient (Wildman–Crippen LogP) is 2.03. The Balaban J connectivity index is 2.52. The summed E-state index contributed by atoms with van der Waals surface area (Å²) in [5.41, 5.74) is 0.718. The van der Waals surface area contributed by atoms with Crippen molar-refractivity contribution in [1.82, 2.24) is 4.72 Å². The zero-order valence-electron chi connectivity index (χ0n) is 10.3. The fourth-order valence-electron chi connectivity index (χ4n) is 1.51. The van der Waals surface area contributed by atoms with E-state index in [0.717, 1.165) is 16.5 Å². The van der Waals surface area contributed by atoms with E-state index in [1.807, 2.05) is 6.92 Å². The van der Waals surface area contributed by atoms with E-state index in [2.05, 4.69) is 20.7 Å². The number of aliphatic hydroxyl groups excluding tert-OH is 1. The van der Waals surface area contributed by atoms with Gasteiger partial charge >= 0.3 is 0 Å². The molecule has 1 aromatic rings. The number of rotatable bonds is 7. The largest absolute Gasteiger partial charge is 0.392 e. The van der Waals surface area contributed by atoms with Crippen LogP contribution in [0.5, 0.6) is 0 Å². The Labute approximate surface area is 117 Å². The van der Waals surface area contributed by atoms with Gasteiger partial charge < -0.3 is 5.11 Å². The molecular weight excluding hydrogens is 318 g/mol. The first kappa shape index (κ1) is 15.6. The Bertz CT molecular complexity index is 459. The van der Waals surface area contributed by atoms with Crippen molar-refractivity contribution in [3.05, 3.63) is 34.3 Å². The zero-order valence-corrected chi connectivity index (χ0v) is 12.7. The van der Waals surface area contributed by atoms with E-state index in [9.17, 15) is 13.5 Å². The molecule has 4 nitrogen and oxygen atoms in total. The van der Waals surface area contributed by atoms with Crippen LogP contribution in [0, 0.1) is 0 Å². The maximum atomic E-state index is 11.8. The Hall–Kier alpha value is -0.430. The summed E-state index contributed by atoms with van der Waals surface area (Å²) >= 11 is 3.29. The maximum absolute atomic E-state index is 11.8. The van der Waals surface area contributed by atoms with Gasteiger partial charge in [0.1, 0.15) is 0 Å². The average Bonchev–Trinajstić information content (AvgIpc) is 2.30. The van der Waals surface area contributed by atoms with Crippen molar-refractivity contribution in [1.29, 1.82) is 0 Å². The number of nitrogens with one attached hydrogen (secondary N) is 1. The predicted molar refractivity (Wildman–Crippen MR) is 75.7 cm³/mol. The van der Waals surface area contributed by atoms with E-state index < -0.39 is 16.1 Å². The molecule has 0 aromatic heterocycles. The van der Waals surface area contributed by atoms with Crippen molar-refractivity contribution in [2.45, 2.75) is 31.6 Å². The third-order valence-corrected chi connectivity index (χ3v) is 4.28. The van der Waals surface area contributed by atoms with Crippen LogP contribution >= 0.6 is 15.9 Å². The fourth-order valence-corrected chi connectivity index (χ4v) is 2.95. The van der Waals surface area contributed by atoms with Gasteiger partial charge in [-0.05, 0) is 24.1 Å². The second-order valence-corrected chi connectivity index (χ2v) is 6.90. The quantitative estimate of drug-likeness (QED) is 0.801. The molecule has 0 heterocycles. The first-order valence-electron chi connectivity index (χ1n) is 5.83. The standard InChI is InChI=1S/C12H18BrNO3S/c1-2-3-12(15)8-14-18(16,17)9-10-4-6-11(13)7-5-10/h4-7,12,14-15H,2-3,8-9H2,1H3. The lowest BCUT2D eigenvalue weighted by Crippen LogP contribution is -2.32. The smallest absolute Gasteiger partial charge is 0.215 e. The lowest BCUT2D eigenvalue weighted by atomic mass is 10.2. The van der Waals surface area contributed by atoms with Crippen LogP contribution in [-0.2, 0) is 15.8 Å². The van der Waals surface area contributed by atoms with Crippen LogP contribution in [0.25, 0.3) is 0 Å². The van der Waals surface area contributed by atoms with Gasteiger partial charge in [0.25, 0.3) is 0 Å². The summed E-state index contributed by atoms with van der Waals surface area (Å²) < 4.78 is 26.8. The summed E-state index contributed by atoms with van der Waals surface area (Å²) in [7, 11) is -3.39. The van der Waals surface area contributed by atoms with Crippen molar-refractivity contribution in [2.24, 2.45) is 0 Å². The minimum atomic E-state index is -3.39. The Morgan fingerprint density at radius 2 is 1.94 bits per heavy atom. The molecule has 1 aromatic carbocycles. The number of hydrogen-bond acceptors (Lipinski definition) is 3. The van der Waals surface area contributed by atoms with E-state index >= 15 is 0 Å². The summed E-state index contributed by atoms with van der Waals surface area (Å²) in [4.78, 5) is 0. The van der Waals surface area contributed by atoms with Crippen molar-refractivity contribution < 1.29 is 13.5 Å². The van der Waals surface area contributed by atoms with Crippen LogP contribution in [0.2, 0.25) is 0 Å². The van der Waals surface area contributed by atoms with E-state index in [1.165, 1.54) is 0 Å². The van der Waals surface area contributed by atoms with Crippen LogP contribution < -0.4 is 4.72 Å². The van der Waals surface area contributed by atoms with Gasteiger partial charge in [0.05, 0.1) is 11.9 Å². The van der Waals surface area contributed by atoms with Gasteiger partial charge in [-0.1, -0.05) is 41.4 Å². The average molecular weight is 336 g/mol. The summed E-state index contributed by atoms with van der Waals surface area (Å²) in [5, 5.41) is 9.48. The highest BCUT2D eigenvalue weighted by atomic mass is 79.9. The molecule has 0 spiro atoms. The second kappa shape index (κ2) is 7.23. The van der Waals surface area contributed by atoms with Gasteiger partial charge in [0, 0.05) is 11.0 Å². The maximum Gasteiger partial charge on any atom is 0.215 e. The Morgan fingerprint density at radius 1 is 1.33 bits per heavy atom. The Morgan fingerprint density at radius 3 is 2.50 bits per heavy atom. The number of hydrogen-bond donors (Lipinski definition) is 2. The Kier molecular flexibility index (Phi) is 6.28. The molecular formula is C12H18BrNO3S. The topological polar surface area (TPSA) is 66.4 Å². The zero-order chi connectivity index (χ0) is 13.6. The molecule has 0 radical (unpaired) electrons. The lowest BCUT2D eigenvalue weighted by molar-refractivity contribution is 0.167. The monoisotopic (exact) mass is 335 g/mol. The SMILES string of the molecule is CCCC(O)CNS(=O)(=O)Cc1ccc(Br)cc1. The molecule has 1 unspecified atom stereocenters. The minimum Gasteiger partial charge on any atom is -0.392 e. The van der Waals surface area contributed by atoms with Crippen LogP contribution in [-0.4, -0.2) is 26.2 Å². The van der Waals surface area contributed by atoms with Crippen molar-refractivity contribution in [3.63, 3.8) is 0 Å². The third kappa shape index (κ3) is 5.95. The lowest BCUT2D eigenvalue weighted by Gasteiger charge is -2.11. The summed E-state index contributed by atoms with van der Waals surface area (Å²) in [6, 6.07) is 7.12. The van der Waals surface area contributed by atoms with Gasteiger partial charge in [-0.2, -0.15) is 0 Å². The van der Waals surface area contributed by atoms with Gasteiger partial charge in [0.15, 0.2) is 0 Å². The van der Waals surface area contributed by atoms with Crippen LogP contribution in [0.4, 0.5) is 0 Å². The summed E-state index contributed by atoms with van der Waals surface area (Å²) in [5.74, 6) is -0.0703. The van der Waals surface area contributed by atoms with E-state index in [0.29, 0.717) is 6.42 Å². The number of halogens is 1. The van der Waals surface area contributed by atoms with Crippen LogP contribution in [0.15, 0.2) is 28.7 Å². The van der Waals surface area contributed by atoms with Gasteiger partial charge in [-0.15, -0.1) is 0 Å². The normalized spacial score (nSPS) is 13.5. The van der Waals surface area contributed by atoms with Crippen LogP contribution in [0.3, 0.4) is 0 Å². The first-order chi connectivity index (χ1) is 8.43. The molecule has 1 atom stereocenters. The van der Waals surface area contributed by atoms with E-state index in [-0.39, 0.29) is 12.3 Å². The molecule has 0 saturated heterocycles.